The number of amides is 8. The summed E-state index contributed by atoms with van der Waals surface area (Å²) < 4.78 is 12.4. The lowest BCUT2D eigenvalue weighted by Gasteiger charge is -2.31. The standard InChI is InChI=1S/C60H66ClN9O18/c1-24(2)15-35(62-5)53(78)65-43(74)23-37-55(80)66-46-29-19-41(52(77)42(20-29)88-40-14-10-28(18-34(40)61)51(76)49(58(83)64-37)69-54(79)36(63-6)16-25(3)4)87-31-11-7-26(8-12-31)50(75)48-59(84)68-47(60(85)86)33-21-30(71)22-39(73)44(33)32-17-27(9-13-38(32)72)45(56(81)70-48)67-57(46)82/h7-14,17-22,24-25,35-37,45-51,62-63,71-73,75-77H,15-16,23H2,1-6H3,(H,64,83)(H,66,80)(H,67,82)(H,68,84)(H,69,79)(H,70,81)(H,85,86)(H,65,74,78)/t35-,36+,37-,45+,46+,47-,48-,49+,50+,51+/m0/s1. The number of phenolic OH excluding ortho intramolecular Hbond substituents is 4. The van der Waals surface area contributed by atoms with Crippen molar-refractivity contribution in [1.29, 1.82) is 0 Å². The highest BCUT2D eigenvalue weighted by molar-refractivity contribution is 6.32. The monoisotopic (exact) mass is 1240 g/mol. The second kappa shape index (κ2) is 27.0. The zero-order chi connectivity index (χ0) is 64.2. The molecule has 10 rings (SSSR count). The first-order chi connectivity index (χ1) is 41.7. The molecule has 0 fully saturated rings. The van der Waals surface area contributed by atoms with Crippen molar-refractivity contribution < 1.29 is 88.4 Å². The number of imide groups is 1. The summed E-state index contributed by atoms with van der Waals surface area (Å²) in [7, 11) is 2.98. The van der Waals surface area contributed by atoms with Gasteiger partial charge in [0, 0.05) is 22.8 Å². The average Bonchev–Trinajstić information content (AvgIpc) is 3.38. The van der Waals surface area contributed by atoms with E-state index in [2.05, 4.69) is 47.9 Å². The summed E-state index contributed by atoms with van der Waals surface area (Å²) in [5.41, 5.74) is -2.22. The van der Waals surface area contributed by atoms with Gasteiger partial charge in [-0.3, -0.25) is 43.7 Å². The Labute approximate surface area is 507 Å². The first kappa shape index (κ1) is 64.5. The van der Waals surface area contributed by atoms with Crippen LogP contribution in [0, 0.1) is 11.8 Å². The molecule has 11 bridgehead atoms. The molecule has 5 aliphatic heterocycles. The van der Waals surface area contributed by atoms with Gasteiger partial charge in [-0.15, -0.1) is 0 Å². The Morgan fingerprint density at radius 2 is 1.18 bits per heavy atom. The molecule has 0 saturated heterocycles. The Hall–Kier alpha value is -9.54. The van der Waals surface area contributed by atoms with Gasteiger partial charge in [-0.05, 0) is 116 Å². The molecule has 0 unspecified atom stereocenters. The van der Waals surface area contributed by atoms with Gasteiger partial charge >= 0.3 is 5.97 Å². The van der Waals surface area contributed by atoms with Crippen LogP contribution in [0.3, 0.4) is 0 Å². The molecule has 466 valence electrons. The predicted molar refractivity (Wildman–Crippen MR) is 311 cm³/mol. The first-order valence-electron chi connectivity index (χ1n) is 27.8. The van der Waals surface area contributed by atoms with Crippen LogP contribution in [0.5, 0.6) is 46.0 Å². The Morgan fingerprint density at radius 3 is 1.81 bits per heavy atom. The average molecular weight is 1240 g/mol. The van der Waals surface area contributed by atoms with Gasteiger partial charge in [-0.2, -0.15) is 0 Å². The maximum atomic E-state index is 15.6. The van der Waals surface area contributed by atoms with E-state index in [0.29, 0.717) is 0 Å². The van der Waals surface area contributed by atoms with E-state index in [4.69, 9.17) is 21.1 Å². The molecule has 5 aliphatic rings. The number of ether oxygens (including phenoxy) is 2. The minimum atomic E-state index is -2.20. The van der Waals surface area contributed by atoms with Crippen LogP contribution in [0.15, 0.2) is 84.9 Å². The lowest BCUT2D eigenvalue weighted by atomic mass is 9.89. The Morgan fingerprint density at radius 1 is 0.591 bits per heavy atom. The minimum Gasteiger partial charge on any atom is -0.508 e. The van der Waals surface area contributed by atoms with Gasteiger partial charge in [0.2, 0.25) is 53.0 Å². The highest BCUT2D eigenvalue weighted by Gasteiger charge is 2.42. The van der Waals surface area contributed by atoms with E-state index >= 15 is 14.4 Å². The number of fused-ring (bicyclic) bond motifs is 15. The van der Waals surface area contributed by atoms with Crippen molar-refractivity contribution in [3.63, 3.8) is 0 Å². The number of carbonyl (C=O) groups excluding carboxylic acids is 8. The first-order valence-corrected chi connectivity index (χ1v) is 28.1. The highest BCUT2D eigenvalue weighted by Crippen LogP contribution is 2.47. The van der Waals surface area contributed by atoms with Crippen molar-refractivity contribution in [3.8, 4) is 57.1 Å². The number of rotatable bonds is 12. The maximum Gasteiger partial charge on any atom is 0.330 e. The van der Waals surface area contributed by atoms with Gasteiger partial charge in [0.05, 0.1) is 23.5 Å². The summed E-state index contributed by atoms with van der Waals surface area (Å²) in [4.78, 5) is 130. The topological polar surface area (TPSA) is 422 Å². The van der Waals surface area contributed by atoms with Crippen molar-refractivity contribution in [2.45, 2.75) is 108 Å². The van der Waals surface area contributed by atoms with Crippen molar-refractivity contribution in [3.05, 3.63) is 118 Å². The number of carboxylic acid groups (broad SMARTS) is 1. The molecule has 8 amide bonds. The van der Waals surface area contributed by atoms with E-state index in [0.717, 1.165) is 42.5 Å². The lowest BCUT2D eigenvalue weighted by molar-refractivity contribution is -0.143. The molecule has 88 heavy (non-hydrogen) atoms. The molecule has 28 heteroatoms. The van der Waals surface area contributed by atoms with E-state index in [1.54, 1.807) is 0 Å². The van der Waals surface area contributed by atoms with Crippen LogP contribution >= 0.6 is 11.6 Å². The van der Waals surface area contributed by atoms with Gasteiger partial charge in [0.15, 0.2) is 17.5 Å². The molecule has 0 saturated carbocycles. The van der Waals surface area contributed by atoms with Crippen LogP contribution in [0.4, 0.5) is 0 Å². The van der Waals surface area contributed by atoms with Crippen molar-refractivity contribution in [1.82, 2.24) is 47.9 Å². The van der Waals surface area contributed by atoms with E-state index in [1.165, 1.54) is 56.6 Å². The number of halogens is 1. The van der Waals surface area contributed by atoms with E-state index in [1.807, 2.05) is 27.7 Å². The molecule has 0 spiro atoms. The Kier molecular flexibility index (Phi) is 19.8. The second-order valence-corrected chi connectivity index (χ2v) is 22.6. The number of likely N-dealkylation sites (N-methyl/N-ethyl adjacent to an activating group) is 2. The molecular weight excluding hydrogens is 1170 g/mol. The van der Waals surface area contributed by atoms with Crippen LogP contribution in [0.2, 0.25) is 5.02 Å². The summed E-state index contributed by atoms with van der Waals surface area (Å²) in [5.74, 6) is -15.6. The molecule has 0 radical (unpaired) electrons. The molecule has 5 aromatic rings. The SMILES string of the molecule is CN[C@@H](CC(C)C)C(=O)NC(=O)C[C@@H]1NC(=O)[C@H](NC(=O)[C@@H](CC(C)C)NC)[C@H](O)c2ccc(c(Cl)c2)Oc2cc3cc(c2O)Oc2ccc(cc2)[C@@H](O)[C@@H]2NC(=O)[C@H](NC(=O)[C@@H]3NC1=O)c1ccc(O)c(c1)-c1c(O)cc(O)cc1[C@@H](C(=O)O)NC2=O. The second-order valence-electron chi connectivity index (χ2n) is 22.2. The molecule has 27 nitrogen and oxygen atoms in total. The van der Waals surface area contributed by atoms with Crippen LogP contribution in [0.25, 0.3) is 11.1 Å². The molecule has 5 aromatic carbocycles. The summed E-state index contributed by atoms with van der Waals surface area (Å²) in [6.45, 7) is 7.33. The van der Waals surface area contributed by atoms with Gasteiger partial charge in [-0.1, -0.05) is 63.6 Å². The van der Waals surface area contributed by atoms with Crippen LogP contribution < -0.4 is 57.3 Å². The normalized spacial score (nSPS) is 21.8. The number of carboxylic acids is 1. The Bertz CT molecular complexity index is 3580. The van der Waals surface area contributed by atoms with Crippen molar-refractivity contribution in [2.75, 3.05) is 14.1 Å². The van der Waals surface area contributed by atoms with Crippen LogP contribution in [-0.2, 0) is 43.2 Å². The number of benzene rings is 5. The van der Waals surface area contributed by atoms with Gasteiger partial charge < -0.3 is 87.8 Å². The van der Waals surface area contributed by atoms with Gasteiger partial charge in [-0.25, -0.2) is 4.79 Å². The molecule has 16 N–H and O–H groups in total. The van der Waals surface area contributed by atoms with E-state index in [-0.39, 0.29) is 63.5 Å². The molecule has 0 aromatic heterocycles. The summed E-state index contributed by atoms with van der Waals surface area (Å²) in [6, 6.07) is 1.09. The molecular formula is C60H66ClN9O18. The number of nitrogens with one attached hydrogen (secondary N) is 9. The Balaban J connectivity index is 1.35. The van der Waals surface area contributed by atoms with Gasteiger partial charge in [0.25, 0.3) is 0 Å². The lowest BCUT2D eigenvalue weighted by Crippen LogP contribution is -2.59. The quantitative estimate of drug-likeness (QED) is 0.0853. The molecule has 5 heterocycles. The van der Waals surface area contributed by atoms with Crippen LogP contribution in [0.1, 0.15) is 105 Å². The van der Waals surface area contributed by atoms with Gasteiger partial charge in [0.1, 0.15) is 71.2 Å². The number of aliphatic hydroxyl groups excluding tert-OH is 2. The fraction of sp³-hybridized carbons (Fsp3) is 0.350. The highest BCUT2D eigenvalue weighted by atomic mass is 35.5. The third-order valence-corrected chi connectivity index (χ3v) is 15.2. The minimum absolute atomic E-state index is 0.0477. The third kappa shape index (κ3) is 14.3. The predicted octanol–water partition coefficient (Wildman–Crippen LogP) is 2.53. The number of aliphatic hydroxyl groups is 2. The van der Waals surface area contributed by atoms with Crippen molar-refractivity contribution in [2.24, 2.45) is 11.8 Å². The number of carbonyl (C=O) groups is 9. The fourth-order valence-corrected chi connectivity index (χ4v) is 10.6. The summed E-state index contributed by atoms with van der Waals surface area (Å²) in [6.07, 6.45) is -4.62. The smallest absolute Gasteiger partial charge is 0.330 e. The number of hydrogen-bond acceptors (Lipinski definition) is 19. The zero-order valence-electron chi connectivity index (χ0n) is 48.1. The largest absolute Gasteiger partial charge is 0.508 e. The number of aromatic hydroxyl groups is 4. The maximum absolute atomic E-state index is 15.6. The number of aliphatic carboxylic acids is 1. The van der Waals surface area contributed by atoms with Crippen LogP contribution in [-0.4, -0.2) is 133 Å². The third-order valence-electron chi connectivity index (χ3n) is 14.9. The van der Waals surface area contributed by atoms with E-state index in [9.17, 15) is 64.5 Å². The zero-order valence-corrected chi connectivity index (χ0v) is 48.9. The summed E-state index contributed by atoms with van der Waals surface area (Å²) in [5, 5.41) is 102. The number of hydrogen-bond donors (Lipinski definition) is 16. The molecule has 10 atom stereocenters. The molecule has 0 aliphatic carbocycles. The summed E-state index contributed by atoms with van der Waals surface area (Å²) >= 11 is 6.83. The number of phenols is 4. The fourth-order valence-electron chi connectivity index (χ4n) is 10.4. The van der Waals surface area contributed by atoms with E-state index < -0.39 is 171 Å². The van der Waals surface area contributed by atoms with Crippen molar-refractivity contribution >= 4 is 64.8 Å².